The Morgan fingerprint density at radius 1 is 1.25 bits per heavy atom. The van der Waals surface area contributed by atoms with E-state index >= 15 is 0 Å². The summed E-state index contributed by atoms with van der Waals surface area (Å²) < 4.78 is 15.1. The maximum atomic E-state index is 12.4. The highest BCUT2D eigenvalue weighted by molar-refractivity contribution is 5.82. The van der Waals surface area contributed by atoms with Crippen molar-refractivity contribution < 1.29 is 23.8 Å². The van der Waals surface area contributed by atoms with E-state index in [1.807, 2.05) is 30.3 Å². The summed E-state index contributed by atoms with van der Waals surface area (Å²) in [6, 6.07) is 8.80. The zero-order chi connectivity index (χ0) is 17.4. The van der Waals surface area contributed by atoms with Crippen LogP contribution < -0.4 is 5.32 Å². The fourth-order valence-corrected chi connectivity index (χ4v) is 2.71. The molecule has 0 unspecified atom stereocenters. The number of carbonyl (C=O) groups excluding carboxylic acids is 2. The number of likely N-dealkylation sites (tertiary alicyclic amines) is 1. The topological polar surface area (TPSA) is 77.1 Å². The van der Waals surface area contributed by atoms with Crippen LogP contribution in [0.5, 0.6) is 0 Å². The number of rotatable bonds is 7. The molecule has 0 aliphatic carbocycles. The third-order valence-electron chi connectivity index (χ3n) is 3.95. The average Bonchev–Trinajstić information content (AvgIpc) is 3.04. The molecule has 2 atom stereocenters. The summed E-state index contributed by atoms with van der Waals surface area (Å²) in [5, 5.41) is 3.27. The Hall–Kier alpha value is -2.12. The molecular weight excluding hydrogens is 312 g/mol. The summed E-state index contributed by atoms with van der Waals surface area (Å²) in [6.07, 6.45) is -0.0121. The Labute approximate surface area is 141 Å². The van der Waals surface area contributed by atoms with Gasteiger partial charge < -0.3 is 19.5 Å². The van der Waals surface area contributed by atoms with Crippen molar-refractivity contribution in [1.29, 1.82) is 0 Å². The van der Waals surface area contributed by atoms with E-state index in [1.165, 1.54) is 12.0 Å². The molecular formula is C17H24N2O5. The molecule has 1 aliphatic heterocycles. The van der Waals surface area contributed by atoms with Gasteiger partial charge in [0.15, 0.2) is 0 Å². The van der Waals surface area contributed by atoms with Gasteiger partial charge in [0.2, 0.25) is 0 Å². The van der Waals surface area contributed by atoms with Crippen molar-refractivity contribution in [3.8, 4) is 0 Å². The van der Waals surface area contributed by atoms with E-state index in [0.717, 1.165) is 5.56 Å². The minimum Gasteiger partial charge on any atom is -0.467 e. The standard InChI is InChI=1S/C17H24N2O5/c1-22-9-8-18-14-10-15(16(20)23-2)19(11-14)17(21)24-12-13-6-4-3-5-7-13/h3-7,14-15,18H,8-12H2,1-2H3/t14-,15-/m1/s1. The Bertz CT molecular complexity index is 537. The summed E-state index contributed by atoms with van der Waals surface area (Å²) in [5.41, 5.74) is 0.898. The fourth-order valence-electron chi connectivity index (χ4n) is 2.71. The van der Waals surface area contributed by atoms with Crippen LogP contribution in [0.25, 0.3) is 0 Å². The Morgan fingerprint density at radius 3 is 2.67 bits per heavy atom. The van der Waals surface area contributed by atoms with Crippen molar-refractivity contribution in [3.63, 3.8) is 0 Å². The summed E-state index contributed by atoms with van der Waals surface area (Å²) in [5.74, 6) is -0.428. The molecule has 7 heteroatoms. The van der Waals surface area contributed by atoms with Gasteiger partial charge in [0.25, 0.3) is 0 Å². The summed E-state index contributed by atoms with van der Waals surface area (Å²) in [4.78, 5) is 25.8. The first-order valence-electron chi connectivity index (χ1n) is 7.93. The van der Waals surface area contributed by atoms with Crippen LogP contribution >= 0.6 is 0 Å². The number of methoxy groups -OCH3 is 2. The zero-order valence-corrected chi connectivity index (χ0v) is 14.1. The number of amides is 1. The Morgan fingerprint density at radius 2 is 2.00 bits per heavy atom. The van der Waals surface area contributed by atoms with Gasteiger partial charge in [-0.3, -0.25) is 4.90 Å². The molecule has 1 fully saturated rings. The van der Waals surface area contributed by atoms with Gasteiger partial charge in [-0.2, -0.15) is 0 Å². The zero-order valence-electron chi connectivity index (χ0n) is 14.1. The number of carbonyl (C=O) groups is 2. The van der Waals surface area contributed by atoms with Crippen molar-refractivity contribution in [1.82, 2.24) is 10.2 Å². The molecule has 132 valence electrons. The highest BCUT2D eigenvalue weighted by Gasteiger charge is 2.41. The van der Waals surface area contributed by atoms with Crippen LogP contribution in [-0.4, -0.2) is 63.0 Å². The van der Waals surface area contributed by atoms with E-state index in [-0.39, 0.29) is 12.6 Å². The maximum Gasteiger partial charge on any atom is 0.410 e. The van der Waals surface area contributed by atoms with E-state index < -0.39 is 18.1 Å². The van der Waals surface area contributed by atoms with Crippen LogP contribution in [0.15, 0.2) is 30.3 Å². The monoisotopic (exact) mass is 336 g/mol. The molecule has 1 N–H and O–H groups in total. The average molecular weight is 336 g/mol. The second-order valence-electron chi connectivity index (χ2n) is 5.61. The second kappa shape index (κ2) is 9.24. The number of hydrogen-bond donors (Lipinski definition) is 1. The van der Waals surface area contributed by atoms with E-state index in [1.54, 1.807) is 7.11 Å². The number of esters is 1. The first-order valence-corrected chi connectivity index (χ1v) is 7.93. The first kappa shape index (κ1) is 18.2. The normalized spacial score (nSPS) is 20.0. The van der Waals surface area contributed by atoms with Crippen LogP contribution in [0.4, 0.5) is 4.79 Å². The molecule has 1 heterocycles. The molecule has 1 amide bonds. The van der Waals surface area contributed by atoms with E-state index in [4.69, 9.17) is 14.2 Å². The van der Waals surface area contributed by atoms with Crippen molar-refractivity contribution in [3.05, 3.63) is 35.9 Å². The first-order chi connectivity index (χ1) is 11.7. The summed E-state index contributed by atoms with van der Waals surface area (Å²) in [7, 11) is 2.95. The SMILES string of the molecule is COCCN[C@@H]1C[C@H](C(=O)OC)N(C(=O)OCc2ccccc2)C1. The Balaban J connectivity index is 1.93. The third-order valence-corrected chi connectivity index (χ3v) is 3.95. The largest absolute Gasteiger partial charge is 0.467 e. The molecule has 0 aromatic heterocycles. The van der Waals surface area contributed by atoms with Crippen molar-refractivity contribution in [2.45, 2.75) is 25.1 Å². The van der Waals surface area contributed by atoms with Crippen LogP contribution in [-0.2, 0) is 25.6 Å². The number of ether oxygens (including phenoxy) is 3. The van der Waals surface area contributed by atoms with Crippen LogP contribution in [0.2, 0.25) is 0 Å². The maximum absolute atomic E-state index is 12.4. The van der Waals surface area contributed by atoms with Gasteiger partial charge in [0.1, 0.15) is 12.6 Å². The lowest BCUT2D eigenvalue weighted by Gasteiger charge is -2.21. The lowest BCUT2D eigenvalue weighted by atomic mass is 10.2. The highest BCUT2D eigenvalue weighted by atomic mass is 16.6. The number of nitrogens with zero attached hydrogens (tertiary/aromatic N) is 1. The molecule has 0 spiro atoms. The van der Waals surface area contributed by atoms with Crippen LogP contribution in [0.1, 0.15) is 12.0 Å². The summed E-state index contributed by atoms with van der Waals surface area (Å²) >= 11 is 0. The fraction of sp³-hybridized carbons (Fsp3) is 0.529. The third kappa shape index (κ3) is 4.94. The van der Waals surface area contributed by atoms with Gasteiger partial charge in [-0.05, 0) is 12.0 Å². The van der Waals surface area contributed by atoms with Gasteiger partial charge in [-0.15, -0.1) is 0 Å². The molecule has 0 saturated carbocycles. The van der Waals surface area contributed by atoms with Crippen molar-refractivity contribution >= 4 is 12.1 Å². The Kier molecular flexibility index (Phi) is 7.02. The molecule has 7 nitrogen and oxygen atoms in total. The summed E-state index contributed by atoms with van der Waals surface area (Å²) in [6.45, 7) is 1.79. The molecule has 2 rings (SSSR count). The highest BCUT2D eigenvalue weighted by Crippen LogP contribution is 2.20. The van der Waals surface area contributed by atoms with Gasteiger partial charge >= 0.3 is 12.1 Å². The van der Waals surface area contributed by atoms with Crippen molar-refractivity contribution in [2.24, 2.45) is 0 Å². The van der Waals surface area contributed by atoms with Crippen LogP contribution in [0, 0.1) is 0 Å². The predicted octanol–water partition coefficient (Wildman–Crippen LogP) is 1.18. The molecule has 0 bridgehead atoms. The van der Waals surface area contributed by atoms with Gasteiger partial charge in [-0.1, -0.05) is 30.3 Å². The lowest BCUT2D eigenvalue weighted by Crippen LogP contribution is -2.42. The van der Waals surface area contributed by atoms with Gasteiger partial charge in [0.05, 0.1) is 13.7 Å². The molecule has 1 aliphatic rings. The minimum absolute atomic E-state index is 0.00789. The van der Waals surface area contributed by atoms with Gasteiger partial charge in [0, 0.05) is 26.2 Å². The molecule has 24 heavy (non-hydrogen) atoms. The predicted molar refractivity (Wildman–Crippen MR) is 87.4 cm³/mol. The van der Waals surface area contributed by atoms with Crippen LogP contribution in [0.3, 0.4) is 0 Å². The second-order valence-corrected chi connectivity index (χ2v) is 5.61. The van der Waals surface area contributed by atoms with E-state index in [2.05, 4.69) is 5.32 Å². The van der Waals surface area contributed by atoms with Crippen molar-refractivity contribution in [2.75, 3.05) is 33.9 Å². The van der Waals surface area contributed by atoms with E-state index in [0.29, 0.717) is 26.1 Å². The van der Waals surface area contributed by atoms with Gasteiger partial charge in [-0.25, -0.2) is 9.59 Å². The molecule has 1 aromatic rings. The number of nitrogens with one attached hydrogen (secondary N) is 1. The molecule has 1 aromatic carbocycles. The number of hydrogen-bond acceptors (Lipinski definition) is 6. The molecule has 0 radical (unpaired) electrons. The smallest absolute Gasteiger partial charge is 0.410 e. The molecule has 1 saturated heterocycles. The number of benzene rings is 1. The minimum atomic E-state index is -0.627. The van der Waals surface area contributed by atoms with E-state index in [9.17, 15) is 9.59 Å². The lowest BCUT2D eigenvalue weighted by molar-refractivity contribution is -0.145. The quantitative estimate of drug-likeness (QED) is 0.595.